The third-order valence-corrected chi connectivity index (χ3v) is 3.45. The third kappa shape index (κ3) is 2.80. The number of benzene rings is 1. The molecule has 4 nitrogen and oxygen atoms in total. The molecule has 20 heavy (non-hydrogen) atoms. The van der Waals surface area contributed by atoms with Gasteiger partial charge in [-0.1, -0.05) is 36.4 Å². The van der Waals surface area contributed by atoms with Crippen LogP contribution >= 0.6 is 0 Å². The molecule has 0 unspecified atom stereocenters. The molecule has 0 spiro atoms. The summed E-state index contributed by atoms with van der Waals surface area (Å²) >= 11 is 0. The minimum absolute atomic E-state index is 0.144. The first-order valence-electron chi connectivity index (χ1n) is 6.77. The third-order valence-electron chi connectivity index (χ3n) is 3.45. The molecule has 1 aliphatic heterocycles. The van der Waals surface area contributed by atoms with Gasteiger partial charge in [-0.05, 0) is 26.3 Å². The number of amides is 2. The first-order chi connectivity index (χ1) is 9.45. The van der Waals surface area contributed by atoms with Crippen molar-refractivity contribution in [2.45, 2.75) is 39.3 Å². The lowest BCUT2D eigenvalue weighted by molar-refractivity contribution is -0.157. The Morgan fingerprint density at radius 3 is 2.55 bits per heavy atom. The maximum Gasteiger partial charge on any atom is 0.267 e. The predicted molar refractivity (Wildman–Crippen MR) is 77.3 cm³/mol. The molecule has 0 radical (unpaired) electrons. The summed E-state index contributed by atoms with van der Waals surface area (Å²) in [6, 6.07) is 9.86. The first-order valence-corrected chi connectivity index (χ1v) is 6.77. The minimum atomic E-state index is -0.357. The van der Waals surface area contributed by atoms with Crippen LogP contribution in [0.2, 0.25) is 0 Å². The van der Waals surface area contributed by atoms with Crippen LogP contribution in [-0.2, 0) is 16.1 Å². The van der Waals surface area contributed by atoms with Gasteiger partial charge in [0.1, 0.15) is 0 Å². The predicted octanol–water partition coefficient (Wildman–Crippen LogP) is 2.52. The maximum atomic E-state index is 12.1. The fourth-order valence-corrected chi connectivity index (χ4v) is 2.44. The lowest BCUT2D eigenvalue weighted by Crippen LogP contribution is -2.48. The SMILES string of the molecule is C/C=C/C(=O)N1C(=O)CC(C)(C)N1Cc1ccccc1. The van der Waals surface area contributed by atoms with Gasteiger partial charge in [0, 0.05) is 24.6 Å². The van der Waals surface area contributed by atoms with Crippen molar-refractivity contribution in [3.63, 3.8) is 0 Å². The average molecular weight is 272 g/mol. The standard InChI is InChI=1S/C16H20N2O2/c1-4-8-14(19)18-15(20)11-16(2,3)17(18)12-13-9-6-5-7-10-13/h4-10H,11-12H2,1-3H3/b8-4+. The largest absolute Gasteiger partial charge is 0.273 e. The quantitative estimate of drug-likeness (QED) is 0.794. The van der Waals surface area contributed by atoms with Crippen LogP contribution in [-0.4, -0.2) is 27.4 Å². The number of imide groups is 1. The van der Waals surface area contributed by atoms with E-state index in [1.807, 2.05) is 49.2 Å². The number of rotatable bonds is 3. The summed E-state index contributed by atoms with van der Waals surface area (Å²) in [5.74, 6) is -0.423. The zero-order chi connectivity index (χ0) is 14.8. The van der Waals surface area contributed by atoms with E-state index < -0.39 is 0 Å². The van der Waals surface area contributed by atoms with Gasteiger partial charge < -0.3 is 0 Å². The summed E-state index contributed by atoms with van der Waals surface area (Å²) < 4.78 is 0. The van der Waals surface area contributed by atoms with E-state index >= 15 is 0 Å². The second-order valence-corrected chi connectivity index (χ2v) is 5.58. The van der Waals surface area contributed by atoms with Crippen LogP contribution in [0.5, 0.6) is 0 Å². The van der Waals surface area contributed by atoms with Gasteiger partial charge in [-0.2, -0.15) is 0 Å². The van der Waals surface area contributed by atoms with Gasteiger partial charge in [0.15, 0.2) is 0 Å². The van der Waals surface area contributed by atoms with Gasteiger partial charge in [0.25, 0.3) is 5.91 Å². The Morgan fingerprint density at radius 1 is 1.30 bits per heavy atom. The molecule has 2 amide bonds. The van der Waals surface area contributed by atoms with Gasteiger partial charge in [-0.15, -0.1) is 0 Å². The maximum absolute atomic E-state index is 12.1. The number of hydrogen-bond donors (Lipinski definition) is 0. The molecule has 2 rings (SSSR count). The van der Waals surface area contributed by atoms with Gasteiger partial charge >= 0.3 is 0 Å². The van der Waals surface area contributed by atoms with Crippen LogP contribution in [0.15, 0.2) is 42.5 Å². The topological polar surface area (TPSA) is 40.6 Å². The molecule has 0 atom stereocenters. The Morgan fingerprint density at radius 2 is 1.95 bits per heavy atom. The number of carbonyl (C=O) groups is 2. The van der Waals surface area contributed by atoms with Crippen LogP contribution in [0, 0.1) is 0 Å². The Labute approximate surface area is 119 Å². The zero-order valence-corrected chi connectivity index (χ0v) is 12.2. The molecule has 1 aromatic rings. The molecule has 106 valence electrons. The Bertz CT molecular complexity index is 535. The van der Waals surface area contributed by atoms with E-state index in [0.29, 0.717) is 13.0 Å². The fraction of sp³-hybridized carbons (Fsp3) is 0.375. The minimum Gasteiger partial charge on any atom is -0.273 e. The highest BCUT2D eigenvalue weighted by Gasteiger charge is 2.45. The van der Waals surface area contributed by atoms with Crippen LogP contribution < -0.4 is 0 Å². The van der Waals surface area contributed by atoms with E-state index in [-0.39, 0.29) is 17.4 Å². The molecule has 0 aliphatic carbocycles. The molecule has 0 N–H and O–H groups in total. The van der Waals surface area contributed by atoms with Crippen LogP contribution in [0.1, 0.15) is 32.8 Å². The van der Waals surface area contributed by atoms with Crippen molar-refractivity contribution in [3.8, 4) is 0 Å². The summed E-state index contributed by atoms with van der Waals surface area (Å²) in [4.78, 5) is 24.3. The summed E-state index contributed by atoms with van der Waals surface area (Å²) in [5.41, 5.74) is 0.720. The van der Waals surface area contributed by atoms with Crippen molar-refractivity contribution in [2.24, 2.45) is 0 Å². The second kappa shape index (κ2) is 5.59. The smallest absolute Gasteiger partial charge is 0.267 e. The molecule has 1 heterocycles. The molecule has 0 aromatic heterocycles. The zero-order valence-electron chi connectivity index (χ0n) is 12.2. The van der Waals surface area contributed by atoms with Gasteiger partial charge in [0.05, 0.1) is 0 Å². The number of hydrazine groups is 1. The van der Waals surface area contributed by atoms with E-state index in [0.717, 1.165) is 5.56 Å². The molecule has 0 bridgehead atoms. The van der Waals surface area contributed by atoms with E-state index in [9.17, 15) is 9.59 Å². The van der Waals surface area contributed by atoms with Crippen LogP contribution in [0.25, 0.3) is 0 Å². The average Bonchev–Trinajstić information content (AvgIpc) is 2.60. The van der Waals surface area contributed by atoms with Crippen molar-refractivity contribution in [3.05, 3.63) is 48.0 Å². The van der Waals surface area contributed by atoms with Crippen molar-refractivity contribution >= 4 is 11.8 Å². The van der Waals surface area contributed by atoms with Crippen LogP contribution in [0.4, 0.5) is 0 Å². The highest BCUT2D eigenvalue weighted by atomic mass is 16.2. The highest BCUT2D eigenvalue weighted by molar-refractivity contribution is 6.01. The van der Waals surface area contributed by atoms with Gasteiger partial charge in [-0.25, -0.2) is 10.0 Å². The van der Waals surface area contributed by atoms with E-state index in [1.54, 1.807) is 13.0 Å². The molecule has 0 saturated carbocycles. The summed E-state index contributed by atoms with van der Waals surface area (Å²) in [6.45, 7) is 6.28. The molecule has 1 fully saturated rings. The number of allylic oxidation sites excluding steroid dienone is 1. The molecule has 1 aliphatic rings. The van der Waals surface area contributed by atoms with E-state index in [1.165, 1.54) is 11.1 Å². The second-order valence-electron chi connectivity index (χ2n) is 5.58. The summed E-state index contributed by atoms with van der Waals surface area (Å²) in [5, 5.41) is 3.12. The number of hydrogen-bond acceptors (Lipinski definition) is 3. The Hall–Kier alpha value is -1.94. The van der Waals surface area contributed by atoms with E-state index in [4.69, 9.17) is 0 Å². The van der Waals surface area contributed by atoms with E-state index in [2.05, 4.69) is 0 Å². The van der Waals surface area contributed by atoms with Crippen molar-refractivity contribution in [1.29, 1.82) is 0 Å². The van der Waals surface area contributed by atoms with Gasteiger partial charge in [-0.3, -0.25) is 9.59 Å². The molecule has 1 saturated heterocycles. The molecular formula is C16H20N2O2. The van der Waals surface area contributed by atoms with Crippen molar-refractivity contribution < 1.29 is 9.59 Å². The Balaban J connectivity index is 2.29. The first kappa shape index (κ1) is 14.5. The number of nitrogens with zero attached hydrogens (tertiary/aromatic N) is 2. The monoisotopic (exact) mass is 272 g/mol. The molecular weight excluding hydrogens is 252 g/mol. The normalized spacial score (nSPS) is 18.9. The molecule has 4 heteroatoms. The van der Waals surface area contributed by atoms with Crippen LogP contribution in [0.3, 0.4) is 0 Å². The molecule has 1 aromatic carbocycles. The van der Waals surface area contributed by atoms with Crippen molar-refractivity contribution in [2.75, 3.05) is 0 Å². The van der Waals surface area contributed by atoms with Gasteiger partial charge in [0.2, 0.25) is 5.91 Å². The fourth-order valence-electron chi connectivity index (χ4n) is 2.44. The number of carbonyl (C=O) groups excluding carboxylic acids is 2. The Kier molecular flexibility index (Phi) is 4.04. The lowest BCUT2D eigenvalue weighted by atomic mass is 10.0. The lowest BCUT2D eigenvalue weighted by Gasteiger charge is -2.34. The summed E-state index contributed by atoms with van der Waals surface area (Å²) in [6.07, 6.45) is 3.43. The highest BCUT2D eigenvalue weighted by Crippen LogP contribution is 2.31. The summed E-state index contributed by atoms with van der Waals surface area (Å²) in [7, 11) is 0. The van der Waals surface area contributed by atoms with Crippen molar-refractivity contribution in [1.82, 2.24) is 10.0 Å².